The van der Waals surface area contributed by atoms with E-state index in [0.29, 0.717) is 15.7 Å². The zero-order chi connectivity index (χ0) is 24.7. The highest BCUT2D eigenvalue weighted by atomic mass is 35.5. The van der Waals surface area contributed by atoms with Crippen LogP contribution in [-0.4, -0.2) is 57.5 Å². The number of anilines is 1. The predicted octanol–water partition coefficient (Wildman–Crippen LogP) is 4.56. The molecule has 2 aromatic heterocycles. The molecule has 4 atom stereocenters. The number of nitrogens with zero attached hydrogens (tertiary/aromatic N) is 5. The van der Waals surface area contributed by atoms with Crippen LogP contribution in [0.4, 0.5) is 5.82 Å². The maximum absolute atomic E-state index is 12.5. The van der Waals surface area contributed by atoms with Gasteiger partial charge in [-0.05, 0) is 50.9 Å². The van der Waals surface area contributed by atoms with Crippen LogP contribution in [0.25, 0.3) is 11.2 Å². The van der Waals surface area contributed by atoms with Gasteiger partial charge in [-0.25, -0.2) is 14.6 Å². The number of benzene rings is 1. The zero-order valence-corrected chi connectivity index (χ0v) is 21.7. The summed E-state index contributed by atoms with van der Waals surface area (Å²) in [5.74, 6) is 0.857. The van der Waals surface area contributed by atoms with Gasteiger partial charge in [0.2, 0.25) is 0 Å². The molecular weight excluding hydrogens is 487 g/mol. The lowest BCUT2D eigenvalue weighted by Crippen LogP contribution is -2.46. The average Bonchev–Trinajstić information content (AvgIpc) is 3.48. The van der Waals surface area contributed by atoms with Crippen molar-refractivity contribution in [1.82, 2.24) is 25.1 Å². The molecule has 3 aromatic rings. The number of carbonyl (C=O) groups excluding carboxylic acids is 1. The second kappa shape index (κ2) is 9.91. The van der Waals surface area contributed by atoms with Gasteiger partial charge in [-0.2, -0.15) is 5.10 Å². The molecule has 2 fully saturated rings. The summed E-state index contributed by atoms with van der Waals surface area (Å²) >= 11 is 12.6. The van der Waals surface area contributed by atoms with Crippen molar-refractivity contribution in [3.63, 3.8) is 0 Å². The predicted molar refractivity (Wildman–Crippen MR) is 137 cm³/mol. The molecule has 2 saturated heterocycles. The summed E-state index contributed by atoms with van der Waals surface area (Å²) in [5, 5.41) is 9.14. The van der Waals surface area contributed by atoms with Crippen LogP contribution in [-0.2, 0) is 9.53 Å². The van der Waals surface area contributed by atoms with Crippen LogP contribution in [0.2, 0.25) is 10.0 Å². The maximum atomic E-state index is 12.5. The number of aryl methyl sites for hydroxylation is 1. The Bertz CT molecular complexity index is 1240. The molecule has 0 saturated carbocycles. The molecule has 2 aliphatic heterocycles. The normalized spacial score (nSPS) is 23.6. The first-order chi connectivity index (χ1) is 16.8. The number of carbonyl (C=O) groups is 1. The van der Waals surface area contributed by atoms with Crippen LogP contribution in [0.3, 0.4) is 0 Å². The van der Waals surface area contributed by atoms with Crippen LogP contribution in [0.15, 0.2) is 24.4 Å². The molecule has 0 aliphatic carbocycles. The smallest absolute Gasteiger partial charge is 0.323 e. The monoisotopic (exact) mass is 516 g/mol. The van der Waals surface area contributed by atoms with E-state index in [1.165, 1.54) is 0 Å². The van der Waals surface area contributed by atoms with Gasteiger partial charge in [-0.1, -0.05) is 36.2 Å². The van der Waals surface area contributed by atoms with Gasteiger partial charge in [-0.3, -0.25) is 4.79 Å². The number of aromatic nitrogens is 4. The van der Waals surface area contributed by atoms with Gasteiger partial charge >= 0.3 is 5.97 Å². The number of fused-ring (bicyclic) bond motifs is 1. The minimum absolute atomic E-state index is 0.0855. The Morgan fingerprint density at radius 2 is 2.11 bits per heavy atom. The third-order valence-electron chi connectivity index (χ3n) is 7.10. The van der Waals surface area contributed by atoms with Crippen molar-refractivity contribution >= 4 is 46.2 Å². The fourth-order valence-electron chi connectivity index (χ4n) is 5.06. The molecular formula is C25H30Cl2N6O2. The van der Waals surface area contributed by atoms with Gasteiger partial charge in [0.25, 0.3) is 0 Å². The number of piperidine rings is 1. The first-order valence-corrected chi connectivity index (χ1v) is 12.9. The van der Waals surface area contributed by atoms with Crippen LogP contribution >= 0.6 is 23.2 Å². The fraction of sp³-hybridized carbons (Fsp3) is 0.520. The van der Waals surface area contributed by atoms with Crippen molar-refractivity contribution in [3.05, 3.63) is 45.7 Å². The van der Waals surface area contributed by atoms with E-state index in [4.69, 9.17) is 43.0 Å². The molecule has 10 heteroatoms. The number of halogens is 2. The standard InChI is InChI=1S/C25H30Cl2N6O2/c1-14-13-32(10-8-21(14)35-25(34)20-5-4-9-28-20)22-12-29-23-15(2)31-33(24(23)30-22)16(3)18-7-6-17(26)11-19(18)27/h6-7,11-12,14,16,20-21,28H,4-5,8-10,13H2,1-3H3/t14-,16-,20+,21+/m1/s1. The van der Waals surface area contributed by atoms with Crippen molar-refractivity contribution in [2.24, 2.45) is 5.92 Å². The quantitative estimate of drug-likeness (QED) is 0.497. The molecule has 35 heavy (non-hydrogen) atoms. The first-order valence-electron chi connectivity index (χ1n) is 12.2. The molecule has 0 spiro atoms. The van der Waals surface area contributed by atoms with Crippen molar-refractivity contribution < 1.29 is 9.53 Å². The van der Waals surface area contributed by atoms with E-state index in [1.807, 2.05) is 36.9 Å². The summed E-state index contributed by atoms with van der Waals surface area (Å²) in [6.45, 7) is 8.46. The van der Waals surface area contributed by atoms with Gasteiger partial charge in [0, 0.05) is 35.5 Å². The van der Waals surface area contributed by atoms with Gasteiger partial charge in [0.1, 0.15) is 23.5 Å². The maximum Gasteiger partial charge on any atom is 0.323 e. The summed E-state index contributed by atoms with van der Waals surface area (Å²) in [6, 6.07) is 5.19. The molecule has 0 bridgehead atoms. The third-order valence-corrected chi connectivity index (χ3v) is 7.66. The van der Waals surface area contributed by atoms with Gasteiger partial charge in [-0.15, -0.1) is 0 Å². The van der Waals surface area contributed by atoms with Crippen molar-refractivity contribution in [2.45, 2.75) is 58.2 Å². The number of hydrogen-bond acceptors (Lipinski definition) is 7. The summed E-state index contributed by atoms with van der Waals surface area (Å²) in [7, 11) is 0. The molecule has 1 N–H and O–H groups in total. The van der Waals surface area contributed by atoms with Crippen LogP contribution in [0.5, 0.6) is 0 Å². The van der Waals surface area contributed by atoms with Crippen LogP contribution in [0, 0.1) is 12.8 Å². The van der Waals surface area contributed by atoms with Crippen LogP contribution in [0.1, 0.15) is 50.4 Å². The van der Waals surface area contributed by atoms with Gasteiger partial charge in [0.15, 0.2) is 5.65 Å². The lowest BCUT2D eigenvalue weighted by Gasteiger charge is -2.37. The van der Waals surface area contributed by atoms with E-state index in [2.05, 4.69) is 17.1 Å². The Morgan fingerprint density at radius 3 is 2.83 bits per heavy atom. The number of hydrogen-bond donors (Lipinski definition) is 1. The highest BCUT2D eigenvalue weighted by Gasteiger charge is 2.33. The van der Waals surface area contributed by atoms with Crippen molar-refractivity contribution in [3.8, 4) is 0 Å². The third kappa shape index (κ3) is 4.84. The van der Waals surface area contributed by atoms with E-state index in [0.717, 1.165) is 61.5 Å². The molecule has 8 nitrogen and oxygen atoms in total. The van der Waals surface area contributed by atoms with Crippen molar-refractivity contribution in [1.29, 1.82) is 0 Å². The van der Waals surface area contributed by atoms with E-state index in [1.54, 1.807) is 6.07 Å². The highest BCUT2D eigenvalue weighted by molar-refractivity contribution is 6.35. The number of ether oxygens (including phenoxy) is 1. The molecule has 2 aliphatic rings. The minimum atomic E-state index is -0.159. The molecule has 0 unspecified atom stereocenters. The SMILES string of the molecule is Cc1nn([C@H](C)c2ccc(Cl)cc2Cl)c2nc(N3CC[C@H](OC(=O)[C@@H]4CCCN4)[C@H](C)C3)cnc12. The van der Waals surface area contributed by atoms with E-state index in [9.17, 15) is 4.79 Å². The molecule has 0 radical (unpaired) electrons. The van der Waals surface area contributed by atoms with Crippen molar-refractivity contribution in [2.75, 3.05) is 24.5 Å². The molecule has 0 amide bonds. The Balaban J connectivity index is 1.35. The zero-order valence-electron chi connectivity index (χ0n) is 20.2. The molecule has 1 aromatic carbocycles. The number of rotatable bonds is 5. The summed E-state index contributed by atoms with van der Waals surface area (Å²) in [6.07, 6.45) is 4.36. The minimum Gasteiger partial charge on any atom is -0.461 e. The first kappa shape index (κ1) is 24.3. The Kier molecular flexibility index (Phi) is 6.88. The van der Waals surface area contributed by atoms with Gasteiger partial charge < -0.3 is 15.0 Å². The molecule has 5 rings (SSSR count). The Hall–Kier alpha value is -2.42. The summed E-state index contributed by atoms with van der Waals surface area (Å²) in [4.78, 5) is 24.4. The van der Waals surface area contributed by atoms with E-state index in [-0.39, 0.29) is 30.1 Å². The topological polar surface area (TPSA) is 85.2 Å². The van der Waals surface area contributed by atoms with Gasteiger partial charge in [0.05, 0.1) is 17.9 Å². The fourth-order valence-corrected chi connectivity index (χ4v) is 5.63. The summed E-state index contributed by atoms with van der Waals surface area (Å²) < 4.78 is 7.74. The second-order valence-electron chi connectivity index (χ2n) is 9.61. The Morgan fingerprint density at radius 1 is 1.29 bits per heavy atom. The van der Waals surface area contributed by atoms with E-state index >= 15 is 0 Å². The van der Waals surface area contributed by atoms with E-state index < -0.39 is 0 Å². The molecule has 4 heterocycles. The lowest BCUT2D eigenvalue weighted by molar-refractivity contribution is -0.154. The second-order valence-corrected chi connectivity index (χ2v) is 10.5. The number of esters is 1. The highest BCUT2D eigenvalue weighted by Crippen LogP contribution is 2.32. The largest absolute Gasteiger partial charge is 0.461 e. The average molecular weight is 517 g/mol. The summed E-state index contributed by atoms with van der Waals surface area (Å²) in [5.41, 5.74) is 3.22. The Labute approximate surface area is 215 Å². The van der Waals surface area contributed by atoms with Crippen LogP contribution < -0.4 is 10.2 Å². The number of nitrogens with one attached hydrogen (secondary N) is 1. The molecule has 186 valence electrons. The lowest BCUT2D eigenvalue weighted by atomic mass is 9.96.